The number of ether oxygens (including phenoxy) is 1. The Labute approximate surface area is 117 Å². The number of amidine groups is 1. The lowest BCUT2D eigenvalue weighted by atomic mass is 10.0. The minimum Gasteiger partial charge on any atom is -0.507 e. The van der Waals surface area contributed by atoms with Crippen molar-refractivity contribution in [2.45, 2.75) is 19.9 Å². The predicted molar refractivity (Wildman–Crippen MR) is 74.2 cm³/mol. The van der Waals surface area contributed by atoms with E-state index < -0.39 is 11.9 Å². The summed E-state index contributed by atoms with van der Waals surface area (Å²) in [5, 5.41) is 23.9. The van der Waals surface area contributed by atoms with Crippen molar-refractivity contribution in [2.75, 3.05) is 7.11 Å². The number of hydrogen-bond donors (Lipinski definition) is 4. The molecule has 20 heavy (non-hydrogen) atoms. The Balaban J connectivity index is 3.00. The van der Waals surface area contributed by atoms with Crippen LogP contribution in [0.25, 0.3) is 0 Å². The smallest absolute Gasteiger partial charge is 0.255 e. The molecule has 1 aromatic rings. The molecule has 0 bridgehead atoms. The average molecular weight is 281 g/mol. The van der Waals surface area contributed by atoms with Crippen molar-refractivity contribution >= 4 is 11.7 Å². The normalized spacial score (nSPS) is 13.1. The van der Waals surface area contributed by atoms with E-state index in [1.54, 1.807) is 0 Å². The van der Waals surface area contributed by atoms with Crippen LogP contribution < -0.4 is 15.8 Å². The molecular weight excluding hydrogens is 262 g/mol. The van der Waals surface area contributed by atoms with E-state index in [-0.39, 0.29) is 23.1 Å². The van der Waals surface area contributed by atoms with Gasteiger partial charge in [-0.3, -0.25) is 4.79 Å². The first-order chi connectivity index (χ1) is 9.40. The van der Waals surface area contributed by atoms with Crippen LogP contribution in [0.4, 0.5) is 0 Å². The van der Waals surface area contributed by atoms with Crippen LogP contribution in [0.5, 0.6) is 11.5 Å². The van der Waals surface area contributed by atoms with E-state index in [2.05, 4.69) is 10.5 Å². The molecule has 0 heterocycles. The molecule has 7 nitrogen and oxygen atoms in total. The van der Waals surface area contributed by atoms with Crippen molar-refractivity contribution in [3.8, 4) is 11.5 Å². The second kappa shape index (κ2) is 6.65. The summed E-state index contributed by atoms with van der Waals surface area (Å²) in [6, 6.07) is 3.67. The van der Waals surface area contributed by atoms with Crippen LogP contribution in [0.1, 0.15) is 24.2 Å². The molecule has 0 aromatic heterocycles. The Kier molecular flexibility index (Phi) is 5.19. The molecule has 7 heteroatoms. The quantitative estimate of drug-likeness (QED) is 0.277. The first kappa shape index (κ1) is 15.6. The summed E-state index contributed by atoms with van der Waals surface area (Å²) >= 11 is 0. The van der Waals surface area contributed by atoms with Crippen molar-refractivity contribution in [1.29, 1.82) is 0 Å². The molecule has 0 spiro atoms. The number of nitrogens with zero attached hydrogens (tertiary/aromatic N) is 1. The van der Waals surface area contributed by atoms with Crippen LogP contribution in [0.15, 0.2) is 23.4 Å². The number of phenols is 1. The molecule has 0 aliphatic carbocycles. The number of carbonyl (C=O) groups excluding carboxylic acids is 1. The van der Waals surface area contributed by atoms with Gasteiger partial charge in [-0.2, -0.15) is 0 Å². The third-order valence-electron chi connectivity index (χ3n) is 2.84. The highest BCUT2D eigenvalue weighted by molar-refractivity contribution is 6.00. The summed E-state index contributed by atoms with van der Waals surface area (Å²) in [6.45, 7) is 3.63. The maximum Gasteiger partial charge on any atom is 0.255 e. The van der Waals surface area contributed by atoms with Crippen LogP contribution in [-0.2, 0) is 0 Å². The van der Waals surface area contributed by atoms with E-state index in [9.17, 15) is 9.90 Å². The summed E-state index contributed by atoms with van der Waals surface area (Å²) in [6.07, 6.45) is 0. The largest absolute Gasteiger partial charge is 0.507 e. The number of nitrogens with one attached hydrogen (secondary N) is 1. The first-order valence-corrected chi connectivity index (χ1v) is 6.06. The van der Waals surface area contributed by atoms with Gasteiger partial charge in [-0.1, -0.05) is 19.0 Å². The van der Waals surface area contributed by atoms with Gasteiger partial charge in [-0.15, -0.1) is 0 Å². The SMILES string of the molecule is COc1ccc(O)c(C(=O)NC(C(N)=NO)C(C)C)c1. The number of nitrogens with two attached hydrogens (primary N) is 1. The molecule has 1 amide bonds. The zero-order chi connectivity index (χ0) is 15.3. The van der Waals surface area contributed by atoms with Gasteiger partial charge in [0.25, 0.3) is 5.91 Å². The molecule has 0 aliphatic rings. The van der Waals surface area contributed by atoms with Crippen molar-refractivity contribution in [3.05, 3.63) is 23.8 Å². The minimum absolute atomic E-state index is 0.0562. The number of carbonyl (C=O) groups is 1. The van der Waals surface area contributed by atoms with Gasteiger partial charge in [-0.25, -0.2) is 0 Å². The Morgan fingerprint density at radius 1 is 1.45 bits per heavy atom. The van der Waals surface area contributed by atoms with Crippen LogP contribution in [0.2, 0.25) is 0 Å². The van der Waals surface area contributed by atoms with E-state index in [1.165, 1.54) is 25.3 Å². The predicted octanol–water partition coefficient (Wildman–Crippen LogP) is 0.902. The van der Waals surface area contributed by atoms with Crippen molar-refractivity contribution in [1.82, 2.24) is 5.32 Å². The van der Waals surface area contributed by atoms with Gasteiger partial charge in [0.2, 0.25) is 0 Å². The number of phenolic OH excluding ortho intramolecular Hbond substituents is 1. The van der Waals surface area contributed by atoms with Crippen LogP contribution in [0.3, 0.4) is 0 Å². The molecule has 110 valence electrons. The summed E-state index contributed by atoms with van der Waals surface area (Å²) in [7, 11) is 1.46. The zero-order valence-corrected chi connectivity index (χ0v) is 11.6. The monoisotopic (exact) mass is 281 g/mol. The van der Waals surface area contributed by atoms with Crippen molar-refractivity contribution < 1.29 is 19.8 Å². The van der Waals surface area contributed by atoms with Gasteiger partial charge >= 0.3 is 0 Å². The first-order valence-electron chi connectivity index (χ1n) is 6.06. The Morgan fingerprint density at radius 2 is 2.10 bits per heavy atom. The topological polar surface area (TPSA) is 117 Å². The summed E-state index contributed by atoms with van der Waals surface area (Å²) < 4.78 is 5.00. The standard InChI is InChI=1S/C13H19N3O4/c1-7(2)11(12(14)16-19)15-13(18)9-6-8(20-3)4-5-10(9)17/h4-7,11,17,19H,1-3H3,(H2,14,16)(H,15,18). The lowest BCUT2D eigenvalue weighted by molar-refractivity contribution is 0.0935. The summed E-state index contributed by atoms with van der Waals surface area (Å²) in [5.74, 6) is -0.451. The molecule has 5 N–H and O–H groups in total. The summed E-state index contributed by atoms with van der Waals surface area (Å²) in [4.78, 5) is 12.2. The van der Waals surface area contributed by atoms with Crippen molar-refractivity contribution in [3.63, 3.8) is 0 Å². The average Bonchev–Trinajstić information content (AvgIpc) is 2.43. The Hall–Kier alpha value is -2.44. The fourth-order valence-corrected chi connectivity index (χ4v) is 1.69. The molecule has 0 aliphatic heterocycles. The molecule has 1 aromatic carbocycles. The molecule has 0 fully saturated rings. The third-order valence-corrected chi connectivity index (χ3v) is 2.84. The van der Waals surface area contributed by atoms with Gasteiger partial charge in [0.1, 0.15) is 11.5 Å². The number of benzene rings is 1. The number of hydrogen-bond acceptors (Lipinski definition) is 5. The molecule has 0 saturated heterocycles. The number of aromatic hydroxyl groups is 1. The molecule has 1 atom stereocenters. The number of oxime groups is 1. The summed E-state index contributed by atoms with van der Waals surface area (Å²) in [5.41, 5.74) is 5.59. The zero-order valence-electron chi connectivity index (χ0n) is 11.6. The maximum atomic E-state index is 12.2. The van der Waals surface area contributed by atoms with Crippen LogP contribution in [0, 0.1) is 5.92 Å². The number of amides is 1. The molecule has 0 radical (unpaired) electrons. The highest BCUT2D eigenvalue weighted by Crippen LogP contribution is 2.23. The Morgan fingerprint density at radius 3 is 2.60 bits per heavy atom. The Bertz CT molecular complexity index is 514. The molecule has 1 unspecified atom stereocenters. The highest BCUT2D eigenvalue weighted by Gasteiger charge is 2.23. The minimum atomic E-state index is -0.641. The van der Waals surface area contributed by atoms with Gasteiger partial charge in [0.05, 0.1) is 18.7 Å². The third kappa shape index (κ3) is 3.53. The van der Waals surface area contributed by atoms with Crippen LogP contribution in [-0.4, -0.2) is 35.2 Å². The van der Waals surface area contributed by atoms with E-state index in [4.69, 9.17) is 15.7 Å². The second-order valence-electron chi connectivity index (χ2n) is 4.60. The van der Waals surface area contributed by atoms with Gasteiger partial charge in [0, 0.05) is 0 Å². The van der Waals surface area contributed by atoms with E-state index >= 15 is 0 Å². The van der Waals surface area contributed by atoms with Crippen LogP contribution >= 0.6 is 0 Å². The van der Waals surface area contributed by atoms with Gasteiger partial charge in [0.15, 0.2) is 5.84 Å². The van der Waals surface area contributed by atoms with Gasteiger partial charge < -0.3 is 26.1 Å². The number of rotatable bonds is 5. The molecule has 0 saturated carbocycles. The second-order valence-corrected chi connectivity index (χ2v) is 4.60. The lowest BCUT2D eigenvalue weighted by Crippen LogP contribution is -2.47. The molecular formula is C13H19N3O4. The van der Waals surface area contributed by atoms with Gasteiger partial charge in [-0.05, 0) is 24.1 Å². The lowest BCUT2D eigenvalue weighted by Gasteiger charge is -2.21. The van der Waals surface area contributed by atoms with E-state index in [0.717, 1.165) is 0 Å². The maximum absolute atomic E-state index is 12.2. The van der Waals surface area contributed by atoms with E-state index in [0.29, 0.717) is 5.75 Å². The fraction of sp³-hybridized carbons (Fsp3) is 0.385. The fourth-order valence-electron chi connectivity index (χ4n) is 1.69. The van der Waals surface area contributed by atoms with Crippen molar-refractivity contribution in [2.24, 2.45) is 16.8 Å². The molecule has 1 rings (SSSR count). The number of methoxy groups -OCH3 is 1. The highest BCUT2D eigenvalue weighted by atomic mass is 16.5. The van der Waals surface area contributed by atoms with E-state index in [1.807, 2.05) is 13.8 Å².